The quantitative estimate of drug-likeness (QED) is 0.611. The van der Waals surface area contributed by atoms with Crippen LogP contribution in [0.4, 0.5) is 0 Å². The van der Waals surface area contributed by atoms with Gasteiger partial charge in [0.05, 0.1) is 12.7 Å². The van der Waals surface area contributed by atoms with Gasteiger partial charge >= 0.3 is 0 Å². The minimum absolute atomic E-state index is 0.151. The Hall–Kier alpha value is -1.94. The summed E-state index contributed by atoms with van der Waals surface area (Å²) in [4.78, 5) is 8.47. The first-order valence-electron chi connectivity index (χ1n) is 8.98. The Morgan fingerprint density at radius 1 is 0.958 bits per heavy atom. The predicted molar refractivity (Wildman–Crippen MR) is 97.0 cm³/mol. The smallest absolute Gasteiger partial charge is 0.159 e. The fourth-order valence-electron chi connectivity index (χ4n) is 2.59. The van der Waals surface area contributed by atoms with E-state index in [9.17, 15) is 5.11 Å². The van der Waals surface area contributed by atoms with E-state index in [1.807, 2.05) is 30.3 Å². The minimum atomic E-state index is -0.151. The molecule has 0 saturated carbocycles. The van der Waals surface area contributed by atoms with E-state index in [1.54, 1.807) is 12.4 Å². The summed E-state index contributed by atoms with van der Waals surface area (Å²) in [5.41, 5.74) is 0.984. The second-order valence-electron chi connectivity index (χ2n) is 6.09. The van der Waals surface area contributed by atoms with Crippen LogP contribution in [0.2, 0.25) is 0 Å². The molecule has 1 unspecified atom stereocenters. The number of hydrogen-bond donors (Lipinski definition) is 1. The topological polar surface area (TPSA) is 55.2 Å². The Kier molecular flexibility index (Phi) is 8.25. The highest BCUT2D eigenvalue weighted by Gasteiger charge is 2.04. The summed E-state index contributed by atoms with van der Waals surface area (Å²) in [6.45, 7) is 2.87. The second kappa shape index (κ2) is 10.8. The lowest BCUT2D eigenvalue weighted by atomic mass is 10.1. The monoisotopic (exact) mass is 328 g/mol. The second-order valence-corrected chi connectivity index (χ2v) is 6.09. The van der Waals surface area contributed by atoms with Gasteiger partial charge in [0, 0.05) is 18.0 Å². The van der Waals surface area contributed by atoms with Crippen molar-refractivity contribution in [1.29, 1.82) is 0 Å². The lowest BCUT2D eigenvalue weighted by Gasteiger charge is -2.10. The molecule has 0 fully saturated rings. The van der Waals surface area contributed by atoms with Crippen LogP contribution in [0.1, 0.15) is 51.9 Å². The van der Waals surface area contributed by atoms with Crippen LogP contribution < -0.4 is 4.74 Å². The van der Waals surface area contributed by atoms with Crippen LogP contribution >= 0.6 is 0 Å². The largest absolute Gasteiger partial charge is 0.494 e. The molecule has 0 aliphatic heterocycles. The van der Waals surface area contributed by atoms with Gasteiger partial charge in [-0.1, -0.05) is 26.2 Å². The van der Waals surface area contributed by atoms with E-state index in [0.717, 1.165) is 49.2 Å². The molecule has 1 aromatic carbocycles. The molecular weight excluding hydrogens is 300 g/mol. The highest BCUT2D eigenvalue weighted by Crippen LogP contribution is 2.19. The zero-order valence-corrected chi connectivity index (χ0v) is 14.5. The van der Waals surface area contributed by atoms with Gasteiger partial charge in [-0.15, -0.1) is 0 Å². The maximum atomic E-state index is 9.88. The molecule has 2 aromatic rings. The Labute approximate surface area is 144 Å². The molecule has 0 amide bonds. The number of ether oxygens (including phenoxy) is 1. The molecule has 0 radical (unpaired) electrons. The molecule has 2 rings (SSSR count). The lowest BCUT2D eigenvalue weighted by molar-refractivity contribution is 0.145. The third-order valence-electron chi connectivity index (χ3n) is 4.02. The molecule has 1 aromatic heterocycles. The Morgan fingerprint density at radius 3 is 2.29 bits per heavy atom. The van der Waals surface area contributed by atoms with Gasteiger partial charge in [-0.25, -0.2) is 9.97 Å². The molecule has 0 aliphatic carbocycles. The van der Waals surface area contributed by atoms with Crippen LogP contribution in [0.3, 0.4) is 0 Å². The van der Waals surface area contributed by atoms with E-state index in [0.29, 0.717) is 6.61 Å². The zero-order chi connectivity index (χ0) is 17.0. The van der Waals surface area contributed by atoms with E-state index in [-0.39, 0.29) is 6.10 Å². The Morgan fingerprint density at radius 2 is 1.62 bits per heavy atom. The Bertz CT molecular complexity index is 558. The molecule has 1 heterocycles. The summed E-state index contributed by atoms with van der Waals surface area (Å²) in [5.74, 6) is 1.58. The fraction of sp³-hybridized carbons (Fsp3) is 0.500. The number of nitrogens with zero attached hydrogens (tertiary/aromatic N) is 2. The fourth-order valence-corrected chi connectivity index (χ4v) is 2.59. The summed E-state index contributed by atoms with van der Waals surface area (Å²) in [7, 11) is 0. The number of benzene rings is 1. The van der Waals surface area contributed by atoms with Crippen molar-refractivity contribution in [3.05, 3.63) is 42.7 Å². The molecule has 4 heteroatoms. The van der Waals surface area contributed by atoms with Gasteiger partial charge in [-0.05, 0) is 56.0 Å². The molecule has 130 valence electrons. The van der Waals surface area contributed by atoms with Gasteiger partial charge in [0.2, 0.25) is 0 Å². The standard InChI is InChI=1S/C20H28N2O2/c1-2-3-4-8-18(23)9-5-6-16-24-19-12-10-17(11-13-19)20-21-14-7-15-22-20/h7,10-15,18,23H,2-6,8-9,16H2,1H3. The van der Waals surface area contributed by atoms with Crippen molar-refractivity contribution in [3.63, 3.8) is 0 Å². The van der Waals surface area contributed by atoms with E-state index in [1.165, 1.54) is 12.8 Å². The number of rotatable bonds is 11. The first-order valence-corrected chi connectivity index (χ1v) is 8.98. The molecule has 4 nitrogen and oxygen atoms in total. The Balaban J connectivity index is 1.63. The average molecular weight is 328 g/mol. The van der Waals surface area contributed by atoms with Crippen LogP contribution in [-0.2, 0) is 0 Å². The van der Waals surface area contributed by atoms with E-state index in [2.05, 4.69) is 16.9 Å². The number of aliphatic hydroxyl groups excluding tert-OH is 1. The molecule has 0 bridgehead atoms. The SMILES string of the molecule is CCCCCC(O)CCCCOc1ccc(-c2ncccn2)cc1. The van der Waals surface area contributed by atoms with Crippen molar-refractivity contribution >= 4 is 0 Å². The van der Waals surface area contributed by atoms with E-state index in [4.69, 9.17) is 4.74 Å². The summed E-state index contributed by atoms with van der Waals surface area (Å²) >= 11 is 0. The maximum absolute atomic E-state index is 9.88. The number of unbranched alkanes of at least 4 members (excludes halogenated alkanes) is 3. The zero-order valence-electron chi connectivity index (χ0n) is 14.5. The normalized spacial score (nSPS) is 12.1. The van der Waals surface area contributed by atoms with Crippen molar-refractivity contribution in [1.82, 2.24) is 9.97 Å². The van der Waals surface area contributed by atoms with Crippen LogP contribution in [0.15, 0.2) is 42.7 Å². The van der Waals surface area contributed by atoms with Gasteiger partial charge in [0.25, 0.3) is 0 Å². The number of aromatic nitrogens is 2. The molecule has 0 saturated heterocycles. The number of hydrogen-bond acceptors (Lipinski definition) is 4. The third kappa shape index (κ3) is 6.67. The lowest BCUT2D eigenvalue weighted by Crippen LogP contribution is -2.07. The summed E-state index contributed by atoms with van der Waals surface area (Å²) < 4.78 is 5.75. The van der Waals surface area contributed by atoms with Gasteiger partial charge < -0.3 is 9.84 Å². The van der Waals surface area contributed by atoms with Crippen LogP contribution in [0, 0.1) is 0 Å². The van der Waals surface area contributed by atoms with Gasteiger partial charge in [-0.3, -0.25) is 0 Å². The van der Waals surface area contributed by atoms with Crippen molar-refractivity contribution in [2.75, 3.05) is 6.61 Å². The minimum Gasteiger partial charge on any atom is -0.494 e. The molecule has 24 heavy (non-hydrogen) atoms. The first kappa shape index (κ1) is 18.4. The summed E-state index contributed by atoms with van der Waals surface area (Å²) in [6.07, 6.45) is 10.6. The van der Waals surface area contributed by atoms with Gasteiger partial charge in [0.15, 0.2) is 5.82 Å². The van der Waals surface area contributed by atoms with Gasteiger partial charge in [-0.2, -0.15) is 0 Å². The van der Waals surface area contributed by atoms with Crippen molar-refractivity contribution in [2.24, 2.45) is 0 Å². The van der Waals surface area contributed by atoms with Crippen LogP contribution in [0.5, 0.6) is 5.75 Å². The molecule has 0 spiro atoms. The highest BCUT2D eigenvalue weighted by molar-refractivity contribution is 5.55. The molecular formula is C20H28N2O2. The van der Waals surface area contributed by atoms with Crippen molar-refractivity contribution in [2.45, 2.75) is 58.0 Å². The summed E-state index contributed by atoms with van der Waals surface area (Å²) in [6, 6.07) is 9.66. The summed E-state index contributed by atoms with van der Waals surface area (Å²) in [5, 5.41) is 9.88. The molecule has 0 aliphatic rings. The molecule has 1 N–H and O–H groups in total. The van der Waals surface area contributed by atoms with E-state index >= 15 is 0 Å². The third-order valence-corrected chi connectivity index (χ3v) is 4.02. The predicted octanol–water partition coefficient (Wildman–Crippen LogP) is 4.63. The maximum Gasteiger partial charge on any atom is 0.159 e. The van der Waals surface area contributed by atoms with Crippen molar-refractivity contribution < 1.29 is 9.84 Å². The first-order chi connectivity index (χ1) is 11.8. The van der Waals surface area contributed by atoms with Crippen molar-refractivity contribution in [3.8, 4) is 17.1 Å². The van der Waals surface area contributed by atoms with Crippen LogP contribution in [0.25, 0.3) is 11.4 Å². The molecule has 1 atom stereocenters. The number of aliphatic hydroxyl groups is 1. The van der Waals surface area contributed by atoms with E-state index < -0.39 is 0 Å². The highest BCUT2D eigenvalue weighted by atomic mass is 16.5. The average Bonchev–Trinajstić information content (AvgIpc) is 2.63. The van der Waals surface area contributed by atoms with Gasteiger partial charge in [0.1, 0.15) is 5.75 Å². The van der Waals surface area contributed by atoms with Crippen LogP contribution in [-0.4, -0.2) is 27.8 Å².